The van der Waals surface area contributed by atoms with Crippen molar-refractivity contribution in [2.24, 2.45) is 0 Å². The van der Waals surface area contributed by atoms with Crippen LogP contribution in [0.4, 0.5) is 17.3 Å². The van der Waals surface area contributed by atoms with Crippen molar-refractivity contribution in [3.63, 3.8) is 0 Å². The molecular formula is C18H16Cl2N4O. The number of methoxy groups -OCH3 is 1. The van der Waals surface area contributed by atoms with Gasteiger partial charge in [-0.25, -0.2) is 9.97 Å². The van der Waals surface area contributed by atoms with E-state index >= 15 is 0 Å². The van der Waals surface area contributed by atoms with Crippen LogP contribution < -0.4 is 15.4 Å². The standard InChI is InChI=1S/C18H16Cl2N4O/c1-25-16-7-6-14(20)8-15(16)24-18-9-17(22-11-23-18)21-10-12-2-4-13(19)5-3-12/h2-9,11H,10H2,1H3,(H2,21,22,23,24). The van der Waals surface area contributed by atoms with E-state index in [0.717, 1.165) is 11.3 Å². The van der Waals surface area contributed by atoms with Crippen LogP contribution in [0.25, 0.3) is 0 Å². The summed E-state index contributed by atoms with van der Waals surface area (Å²) < 4.78 is 5.33. The van der Waals surface area contributed by atoms with Crippen molar-refractivity contribution in [2.75, 3.05) is 17.7 Å². The van der Waals surface area contributed by atoms with E-state index < -0.39 is 0 Å². The highest BCUT2D eigenvalue weighted by Gasteiger charge is 2.06. The van der Waals surface area contributed by atoms with Gasteiger partial charge < -0.3 is 15.4 Å². The van der Waals surface area contributed by atoms with Crippen LogP contribution in [0.1, 0.15) is 5.56 Å². The zero-order valence-corrected chi connectivity index (χ0v) is 15.0. The van der Waals surface area contributed by atoms with Gasteiger partial charge in [0.25, 0.3) is 0 Å². The molecule has 5 nitrogen and oxygen atoms in total. The van der Waals surface area contributed by atoms with Gasteiger partial charge in [0, 0.05) is 22.7 Å². The minimum Gasteiger partial charge on any atom is -0.495 e. The Morgan fingerprint density at radius 3 is 2.40 bits per heavy atom. The van der Waals surface area contributed by atoms with E-state index in [-0.39, 0.29) is 0 Å². The number of halogens is 2. The molecule has 0 radical (unpaired) electrons. The van der Waals surface area contributed by atoms with E-state index in [9.17, 15) is 0 Å². The predicted molar refractivity (Wildman–Crippen MR) is 102 cm³/mol. The topological polar surface area (TPSA) is 59.1 Å². The van der Waals surface area contributed by atoms with Gasteiger partial charge in [-0.1, -0.05) is 35.3 Å². The Labute approximate surface area is 156 Å². The molecule has 3 aromatic rings. The molecule has 0 saturated heterocycles. The summed E-state index contributed by atoms with van der Waals surface area (Å²) in [5.41, 5.74) is 1.84. The molecule has 3 rings (SSSR count). The predicted octanol–water partition coefficient (Wildman–Crippen LogP) is 5.15. The first-order valence-electron chi connectivity index (χ1n) is 7.55. The number of nitrogens with one attached hydrogen (secondary N) is 2. The summed E-state index contributed by atoms with van der Waals surface area (Å²) in [4.78, 5) is 8.46. The van der Waals surface area contributed by atoms with Crippen molar-refractivity contribution in [1.29, 1.82) is 0 Å². The van der Waals surface area contributed by atoms with E-state index in [1.165, 1.54) is 6.33 Å². The summed E-state index contributed by atoms with van der Waals surface area (Å²) in [5, 5.41) is 7.77. The van der Waals surface area contributed by atoms with Crippen LogP contribution in [0.2, 0.25) is 10.0 Å². The van der Waals surface area contributed by atoms with Gasteiger partial charge in [-0.2, -0.15) is 0 Å². The molecule has 0 fully saturated rings. The maximum atomic E-state index is 6.05. The van der Waals surface area contributed by atoms with E-state index in [2.05, 4.69) is 20.6 Å². The van der Waals surface area contributed by atoms with Crippen LogP contribution in [0.5, 0.6) is 5.75 Å². The number of rotatable bonds is 6. The quantitative estimate of drug-likeness (QED) is 0.624. The van der Waals surface area contributed by atoms with Crippen molar-refractivity contribution in [3.05, 3.63) is 70.5 Å². The summed E-state index contributed by atoms with van der Waals surface area (Å²) in [5.74, 6) is 2.02. The minimum absolute atomic E-state index is 0.610. The van der Waals surface area contributed by atoms with E-state index in [4.69, 9.17) is 27.9 Å². The highest BCUT2D eigenvalue weighted by atomic mass is 35.5. The monoisotopic (exact) mass is 374 g/mol. The van der Waals surface area contributed by atoms with Crippen LogP contribution in [0.3, 0.4) is 0 Å². The number of anilines is 3. The lowest BCUT2D eigenvalue weighted by molar-refractivity contribution is 0.417. The van der Waals surface area contributed by atoms with Crippen LogP contribution in [0, 0.1) is 0 Å². The lowest BCUT2D eigenvalue weighted by Gasteiger charge is -2.12. The maximum Gasteiger partial charge on any atom is 0.142 e. The maximum absolute atomic E-state index is 6.05. The molecule has 0 atom stereocenters. The molecule has 2 aromatic carbocycles. The fourth-order valence-electron chi connectivity index (χ4n) is 2.23. The molecule has 7 heteroatoms. The van der Waals surface area contributed by atoms with Crippen LogP contribution in [-0.4, -0.2) is 17.1 Å². The molecule has 0 bridgehead atoms. The van der Waals surface area contributed by atoms with Crippen LogP contribution in [0.15, 0.2) is 54.9 Å². The Kier molecular flexibility index (Phi) is 5.58. The molecule has 2 N–H and O–H groups in total. The van der Waals surface area contributed by atoms with Gasteiger partial charge in [-0.3, -0.25) is 0 Å². The first-order valence-corrected chi connectivity index (χ1v) is 8.30. The molecule has 25 heavy (non-hydrogen) atoms. The number of aromatic nitrogens is 2. The van der Waals surface area contributed by atoms with Crippen molar-refractivity contribution >= 4 is 40.5 Å². The summed E-state index contributed by atoms with van der Waals surface area (Å²) in [7, 11) is 1.60. The summed E-state index contributed by atoms with van der Waals surface area (Å²) in [6.07, 6.45) is 1.49. The van der Waals surface area contributed by atoms with Crippen molar-refractivity contribution in [3.8, 4) is 5.75 Å². The van der Waals surface area contributed by atoms with Gasteiger partial charge >= 0.3 is 0 Å². The van der Waals surface area contributed by atoms with Crippen LogP contribution in [-0.2, 0) is 6.54 Å². The smallest absolute Gasteiger partial charge is 0.142 e. The summed E-state index contributed by atoms with van der Waals surface area (Å²) in [6, 6.07) is 14.8. The van der Waals surface area contributed by atoms with Gasteiger partial charge in [0.2, 0.25) is 0 Å². The normalized spacial score (nSPS) is 10.4. The highest BCUT2D eigenvalue weighted by Crippen LogP contribution is 2.30. The third kappa shape index (κ3) is 4.75. The zero-order chi connectivity index (χ0) is 17.6. The SMILES string of the molecule is COc1ccc(Cl)cc1Nc1cc(NCc2ccc(Cl)cc2)ncn1. The van der Waals surface area contributed by atoms with E-state index in [0.29, 0.717) is 34.0 Å². The Balaban J connectivity index is 1.71. The highest BCUT2D eigenvalue weighted by molar-refractivity contribution is 6.31. The van der Waals surface area contributed by atoms with Gasteiger partial charge in [0.15, 0.2) is 0 Å². The molecule has 0 amide bonds. The number of benzene rings is 2. The molecule has 0 aliphatic carbocycles. The van der Waals surface area contributed by atoms with Crippen LogP contribution >= 0.6 is 23.2 Å². The second-order valence-corrected chi connectivity index (χ2v) is 6.11. The van der Waals surface area contributed by atoms with Crippen molar-refractivity contribution < 1.29 is 4.74 Å². The summed E-state index contributed by atoms with van der Waals surface area (Å²) in [6.45, 7) is 0.633. The van der Waals surface area contributed by atoms with Crippen molar-refractivity contribution in [2.45, 2.75) is 6.54 Å². The molecule has 1 heterocycles. The Hall–Kier alpha value is -2.50. The Morgan fingerprint density at radius 1 is 0.920 bits per heavy atom. The largest absolute Gasteiger partial charge is 0.495 e. The van der Waals surface area contributed by atoms with Gasteiger partial charge in [0.05, 0.1) is 12.8 Å². The molecule has 0 aliphatic heterocycles. The second kappa shape index (κ2) is 8.05. The second-order valence-electron chi connectivity index (χ2n) is 5.24. The lowest BCUT2D eigenvalue weighted by atomic mass is 10.2. The Morgan fingerprint density at radius 2 is 1.64 bits per heavy atom. The minimum atomic E-state index is 0.610. The number of nitrogens with zero attached hydrogens (tertiary/aromatic N) is 2. The third-order valence-corrected chi connectivity index (χ3v) is 3.97. The number of hydrogen-bond donors (Lipinski definition) is 2. The first kappa shape index (κ1) is 17.3. The molecule has 1 aromatic heterocycles. The number of ether oxygens (including phenoxy) is 1. The fraction of sp³-hybridized carbons (Fsp3) is 0.111. The number of hydrogen-bond acceptors (Lipinski definition) is 5. The van der Waals surface area contributed by atoms with Gasteiger partial charge in [-0.05, 0) is 35.9 Å². The first-order chi connectivity index (χ1) is 12.1. The molecular weight excluding hydrogens is 359 g/mol. The van der Waals surface area contributed by atoms with E-state index in [1.807, 2.05) is 30.3 Å². The van der Waals surface area contributed by atoms with E-state index in [1.54, 1.807) is 25.3 Å². The average molecular weight is 375 g/mol. The van der Waals surface area contributed by atoms with Gasteiger partial charge in [-0.15, -0.1) is 0 Å². The van der Waals surface area contributed by atoms with Crippen molar-refractivity contribution in [1.82, 2.24) is 9.97 Å². The molecule has 0 unspecified atom stereocenters. The molecule has 0 saturated carbocycles. The molecule has 0 aliphatic rings. The average Bonchev–Trinajstić information content (AvgIpc) is 2.62. The molecule has 0 spiro atoms. The van der Waals surface area contributed by atoms with Gasteiger partial charge in [0.1, 0.15) is 23.7 Å². The zero-order valence-electron chi connectivity index (χ0n) is 13.5. The summed E-state index contributed by atoms with van der Waals surface area (Å²) >= 11 is 11.9. The molecule has 128 valence electrons. The lowest BCUT2D eigenvalue weighted by Crippen LogP contribution is -2.03. The Bertz CT molecular complexity index is 856. The third-order valence-electron chi connectivity index (χ3n) is 3.48. The fourth-order valence-corrected chi connectivity index (χ4v) is 2.53.